The van der Waals surface area contributed by atoms with Crippen LogP contribution in [-0.2, 0) is 11.2 Å². The van der Waals surface area contributed by atoms with E-state index in [-0.39, 0.29) is 17.9 Å². The van der Waals surface area contributed by atoms with Crippen LogP contribution in [0.3, 0.4) is 0 Å². The number of hydrogen-bond donors (Lipinski definition) is 2. The Kier molecular flexibility index (Phi) is 4.78. The van der Waals surface area contributed by atoms with Gasteiger partial charge < -0.3 is 4.98 Å². The van der Waals surface area contributed by atoms with Crippen molar-refractivity contribution in [3.8, 4) is 0 Å². The summed E-state index contributed by atoms with van der Waals surface area (Å²) in [4.78, 5) is 37.9. The second kappa shape index (κ2) is 7.25. The molecule has 0 aliphatic carbocycles. The first kappa shape index (κ1) is 18.5. The van der Waals surface area contributed by atoms with E-state index in [9.17, 15) is 9.59 Å². The monoisotopic (exact) mass is 411 g/mol. The minimum atomic E-state index is -0.354. The first-order valence-electron chi connectivity index (χ1n) is 8.60. The number of carbonyl (C=O) groups is 1. The van der Waals surface area contributed by atoms with Gasteiger partial charge in [-0.25, -0.2) is 15.4 Å². The minimum absolute atomic E-state index is 0.0577. The first-order chi connectivity index (χ1) is 13.4. The number of hydrazone groups is 1. The number of aromatic nitrogens is 3. The molecule has 9 heteroatoms. The SMILES string of the molecule is C/C(=N/NC(=O)Cc1nc2sc(C)c(C)c2c(=O)[nH]1)c1nc2ccccc2s1. The van der Waals surface area contributed by atoms with Crippen molar-refractivity contribution >= 4 is 54.7 Å². The number of thiophene rings is 1. The summed E-state index contributed by atoms with van der Waals surface area (Å²) in [7, 11) is 0. The summed E-state index contributed by atoms with van der Waals surface area (Å²) >= 11 is 2.97. The van der Waals surface area contributed by atoms with Gasteiger partial charge in [-0.05, 0) is 38.5 Å². The summed E-state index contributed by atoms with van der Waals surface area (Å²) in [5.41, 5.74) is 4.75. The van der Waals surface area contributed by atoms with Crippen LogP contribution in [0.4, 0.5) is 0 Å². The molecule has 4 aromatic rings. The highest BCUT2D eigenvalue weighted by Gasteiger charge is 2.14. The summed E-state index contributed by atoms with van der Waals surface area (Å²) in [5.74, 6) is -0.0305. The summed E-state index contributed by atoms with van der Waals surface area (Å²) in [6.07, 6.45) is -0.0577. The summed E-state index contributed by atoms with van der Waals surface area (Å²) < 4.78 is 1.06. The zero-order chi connectivity index (χ0) is 19.8. The molecule has 2 N–H and O–H groups in total. The van der Waals surface area contributed by atoms with Gasteiger partial charge in [-0.15, -0.1) is 22.7 Å². The van der Waals surface area contributed by atoms with Crippen molar-refractivity contribution in [3.05, 3.63) is 55.9 Å². The van der Waals surface area contributed by atoms with E-state index < -0.39 is 0 Å². The molecule has 0 saturated carbocycles. The van der Waals surface area contributed by atoms with Crippen LogP contribution < -0.4 is 11.0 Å². The van der Waals surface area contributed by atoms with Crippen LogP contribution in [0.25, 0.3) is 20.4 Å². The third-order valence-electron chi connectivity index (χ3n) is 4.37. The van der Waals surface area contributed by atoms with Crippen molar-refractivity contribution in [1.29, 1.82) is 0 Å². The molecule has 0 unspecified atom stereocenters. The third kappa shape index (κ3) is 3.46. The molecule has 0 aliphatic rings. The molecule has 0 fully saturated rings. The number of nitrogens with zero attached hydrogens (tertiary/aromatic N) is 3. The highest BCUT2D eigenvalue weighted by Crippen LogP contribution is 2.25. The second-order valence-corrected chi connectivity index (χ2v) is 8.61. The molecule has 0 saturated heterocycles. The average Bonchev–Trinajstić information content (AvgIpc) is 3.21. The number of para-hydroxylation sites is 1. The number of hydrogen-bond acceptors (Lipinski definition) is 7. The number of aromatic amines is 1. The number of benzene rings is 1. The molecule has 0 radical (unpaired) electrons. The standard InChI is InChI=1S/C19H17N5O2S2/c1-9-11(3)27-19-16(9)17(26)21-14(22-19)8-15(25)24-23-10(2)18-20-12-6-4-5-7-13(12)28-18/h4-7H,8H2,1-3H3,(H,24,25)(H,21,22,26)/b23-10-. The third-order valence-corrected chi connectivity index (χ3v) is 6.61. The lowest BCUT2D eigenvalue weighted by atomic mass is 10.2. The lowest BCUT2D eigenvalue weighted by molar-refractivity contribution is -0.120. The molecular formula is C19H17N5O2S2. The van der Waals surface area contributed by atoms with E-state index >= 15 is 0 Å². The average molecular weight is 412 g/mol. The largest absolute Gasteiger partial charge is 0.309 e. The molecule has 1 amide bonds. The van der Waals surface area contributed by atoms with Crippen molar-refractivity contribution in [2.45, 2.75) is 27.2 Å². The van der Waals surface area contributed by atoms with Gasteiger partial charge in [0.1, 0.15) is 15.7 Å². The number of H-pyrrole nitrogens is 1. The van der Waals surface area contributed by atoms with Gasteiger partial charge >= 0.3 is 0 Å². The maximum atomic E-state index is 12.3. The second-order valence-electron chi connectivity index (χ2n) is 6.37. The molecule has 7 nitrogen and oxygen atoms in total. The quantitative estimate of drug-likeness (QED) is 0.397. The Morgan fingerprint density at radius 3 is 2.79 bits per heavy atom. The number of aryl methyl sites for hydroxylation is 2. The Labute approximate surface area is 168 Å². The fourth-order valence-corrected chi connectivity index (χ4v) is 4.75. The Bertz CT molecular complexity index is 1270. The molecule has 4 rings (SSSR count). The molecule has 142 valence electrons. The number of rotatable bonds is 4. The Morgan fingerprint density at radius 1 is 1.21 bits per heavy atom. The smallest absolute Gasteiger partial charge is 0.259 e. The number of fused-ring (bicyclic) bond motifs is 2. The Hall–Kier alpha value is -2.91. The fraction of sp³-hybridized carbons (Fsp3) is 0.211. The number of thiazole rings is 1. The molecule has 0 atom stereocenters. The van der Waals surface area contributed by atoms with Gasteiger partial charge in [0.05, 0.1) is 27.7 Å². The van der Waals surface area contributed by atoms with Crippen LogP contribution in [0.2, 0.25) is 0 Å². The number of amides is 1. The lowest BCUT2D eigenvalue weighted by Crippen LogP contribution is -2.24. The maximum absolute atomic E-state index is 12.3. The summed E-state index contributed by atoms with van der Waals surface area (Å²) in [5, 5.41) is 5.48. The van der Waals surface area contributed by atoms with Crippen LogP contribution >= 0.6 is 22.7 Å². The minimum Gasteiger partial charge on any atom is -0.309 e. The molecule has 3 heterocycles. The predicted molar refractivity (Wildman–Crippen MR) is 113 cm³/mol. The van der Waals surface area contributed by atoms with Gasteiger partial charge in [-0.3, -0.25) is 9.59 Å². The van der Waals surface area contributed by atoms with Gasteiger partial charge in [0, 0.05) is 4.88 Å². The highest BCUT2D eigenvalue weighted by atomic mass is 32.1. The van der Waals surface area contributed by atoms with E-state index in [1.807, 2.05) is 38.1 Å². The molecule has 0 aliphatic heterocycles. The van der Waals surface area contributed by atoms with Crippen molar-refractivity contribution in [3.63, 3.8) is 0 Å². The van der Waals surface area contributed by atoms with Crippen molar-refractivity contribution in [1.82, 2.24) is 20.4 Å². The summed E-state index contributed by atoms with van der Waals surface area (Å²) in [6, 6.07) is 7.82. The molecule has 1 aromatic carbocycles. The van der Waals surface area contributed by atoms with E-state index in [1.165, 1.54) is 22.7 Å². The first-order valence-corrected chi connectivity index (χ1v) is 10.2. The van der Waals surface area contributed by atoms with Gasteiger partial charge in [-0.1, -0.05) is 12.1 Å². The number of carbonyl (C=O) groups excluding carboxylic acids is 1. The van der Waals surface area contributed by atoms with E-state index in [4.69, 9.17) is 0 Å². The zero-order valence-electron chi connectivity index (χ0n) is 15.5. The highest BCUT2D eigenvalue weighted by molar-refractivity contribution is 7.20. The fourth-order valence-electron chi connectivity index (χ4n) is 2.80. The molecule has 0 bridgehead atoms. The molecule has 28 heavy (non-hydrogen) atoms. The topological polar surface area (TPSA) is 100 Å². The maximum Gasteiger partial charge on any atom is 0.259 e. The van der Waals surface area contributed by atoms with Crippen LogP contribution in [0, 0.1) is 13.8 Å². The molecule has 3 aromatic heterocycles. The van der Waals surface area contributed by atoms with Crippen LogP contribution in [0.15, 0.2) is 34.2 Å². The number of nitrogens with one attached hydrogen (secondary N) is 2. The van der Waals surface area contributed by atoms with E-state index in [0.717, 1.165) is 25.7 Å². The Balaban J connectivity index is 1.50. The van der Waals surface area contributed by atoms with E-state index in [0.29, 0.717) is 21.8 Å². The van der Waals surface area contributed by atoms with Gasteiger partial charge in [0.15, 0.2) is 0 Å². The van der Waals surface area contributed by atoms with Gasteiger partial charge in [-0.2, -0.15) is 5.10 Å². The van der Waals surface area contributed by atoms with Gasteiger partial charge in [0.25, 0.3) is 5.56 Å². The van der Waals surface area contributed by atoms with Crippen molar-refractivity contribution in [2.24, 2.45) is 5.10 Å². The van der Waals surface area contributed by atoms with Gasteiger partial charge in [0.2, 0.25) is 5.91 Å². The van der Waals surface area contributed by atoms with E-state index in [2.05, 4.69) is 25.5 Å². The molecular weight excluding hydrogens is 394 g/mol. The lowest BCUT2D eigenvalue weighted by Gasteiger charge is -2.02. The van der Waals surface area contributed by atoms with Crippen LogP contribution in [0.1, 0.15) is 28.2 Å². The predicted octanol–water partition coefficient (Wildman–Crippen LogP) is 3.29. The normalized spacial score (nSPS) is 12.0. The van der Waals surface area contributed by atoms with Crippen LogP contribution in [0.5, 0.6) is 0 Å². The zero-order valence-corrected chi connectivity index (χ0v) is 17.1. The van der Waals surface area contributed by atoms with Crippen molar-refractivity contribution < 1.29 is 4.79 Å². The van der Waals surface area contributed by atoms with Crippen molar-refractivity contribution in [2.75, 3.05) is 0 Å². The van der Waals surface area contributed by atoms with E-state index in [1.54, 1.807) is 6.92 Å². The summed E-state index contributed by atoms with van der Waals surface area (Å²) in [6.45, 7) is 5.64. The molecule has 0 spiro atoms. The van der Waals surface area contributed by atoms with Crippen LogP contribution in [-0.4, -0.2) is 26.6 Å². The Morgan fingerprint density at radius 2 is 2.00 bits per heavy atom.